The van der Waals surface area contributed by atoms with Gasteiger partial charge >= 0.3 is 6.09 Å². The first-order valence-corrected chi connectivity index (χ1v) is 11.5. The van der Waals surface area contributed by atoms with Crippen LogP contribution in [0.4, 0.5) is 15.1 Å². The zero-order valence-electron chi connectivity index (χ0n) is 21.5. The molecule has 1 aromatic carbocycles. The van der Waals surface area contributed by atoms with Crippen molar-refractivity contribution < 1.29 is 18.7 Å². The first-order chi connectivity index (χ1) is 18.0. The summed E-state index contributed by atoms with van der Waals surface area (Å²) in [6.07, 6.45) is 2.31. The Labute approximate surface area is 218 Å². The molecular weight excluding hydrogens is 491 g/mol. The number of nitrogens with one attached hydrogen (secondary N) is 1. The highest BCUT2D eigenvalue weighted by Gasteiger charge is 2.22. The molecule has 0 saturated carbocycles. The molecule has 0 fully saturated rings. The van der Waals surface area contributed by atoms with Crippen LogP contribution in [-0.2, 0) is 9.53 Å². The van der Waals surface area contributed by atoms with Crippen LogP contribution in [-0.4, -0.2) is 72.9 Å². The number of rotatable bonds is 4. The lowest BCUT2D eigenvalue weighted by Crippen LogP contribution is -2.29. The van der Waals surface area contributed by atoms with Crippen LogP contribution in [0.2, 0.25) is 0 Å². The van der Waals surface area contributed by atoms with Crippen molar-refractivity contribution in [3.63, 3.8) is 0 Å². The summed E-state index contributed by atoms with van der Waals surface area (Å²) >= 11 is 0. The van der Waals surface area contributed by atoms with E-state index >= 15 is 0 Å². The number of nitrogens with zero attached hydrogens (tertiary/aromatic N) is 7. The van der Waals surface area contributed by atoms with Crippen LogP contribution in [0.25, 0.3) is 22.4 Å². The van der Waals surface area contributed by atoms with Gasteiger partial charge in [0, 0.05) is 32.1 Å². The maximum atomic E-state index is 14.5. The molecule has 0 aliphatic heterocycles. The number of hydrogen-bond acceptors (Lipinski definition) is 9. The lowest BCUT2D eigenvalue weighted by Gasteiger charge is -2.19. The minimum Gasteiger partial charge on any atom is -0.442 e. The topological polar surface area (TPSA) is 128 Å². The number of fused-ring (bicyclic) bond motifs is 1. The minimum atomic E-state index is -0.806. The van der Waals surface area contributed by atoms with Gasteiger partial charge in [0.25, 0.3) is 0 Å². The van der Waals surface area contributed by atoms with Gasteiger partial charge in [-0.15, -0.1) is 5.10 Å². The zero-order valence-corrected chi connectivity index (χ0v) is 21.5. The predicted octanol–water partition coefficient (Wildman–Crippen LogP) is 3.11. The van der Waals surface area contributed by atoms with E-state index in [2.05, 4.69) is 42.2 Å². The maximum Gasteiger partial charge on any atom is 0.435 e. The van der Waals surface area contributed by atoms with Crippen molar-refractivity contribution in [2.24, 2.45) is 0 Å². The number of benzene rings is 1. The van der Waals surface area contributed by atoms with Crippen molar-refractivity contribution in [2.45, 2.75) is 26.4 Å². The average molecular weight is 517 g/mol. The second-order valence-corrected chi connectivity index (χ2v) is 9.34. The van der Waals surface area contributed by atoms with E-state index in [-0.39, 0.29) is 29.3 Å². The molecule has 1 N–H and O–H groups in total. The van der Waals surface area contributed by atoms with Gasteiger partial charge in [-0.1, -0.05) is 5.92 Å². The minimum absolute atomic E-state index is 0.0461. The van der Waals surface area contributed by atoms with Gasteiger partial charge in [0.05, 0.1) is 17.4 Å². The molecule has 0 aliphatic carbocycles. The Morgan fingerprint density at radius 2 is 1.84 bits per heavy atom. The van der Waals surface area contributed by atoms with E-state index in [0.717, 1.165) is 4.68 Å². The van der Waals surface area contributed by atoms with Crippen LogP contribution in [0.1, 0.15) is 32.0 Å². The van der Waals surface area contributed by atoms with Crippen LogP contribution in [0, 0.1) is 17.8 Å². The summed E-state index contributed by atoms with van der Waals surface area (Å²) in [6, 6.07) is 7.99. The number of carbonyl (C=O) groups is 2. The number of anilines is 1. The fourth-order valence-corrected chi connectivity index (χ4v) is 3.17. The monoisotopic (exact) mass is 516 g/mol. The fraction of sp³-hybridized carbons (Fsp3) is 0.269. The molecule has 0 radical (unpaired) electrons. The standard InChI is InChI=1S/C26H25FN8O3/c1-26(2,3)38-25(37)35-20-9-7-16(14-18(20)22(27)33-35)6-8-17-10-12-28-23(31-17)19-11-13-29-24(32-19)30-15-21(36)34(4)5/h7,9-14H,15H2,1-5H3,(H,29,30,32). The average Bonchev–Trinajstić information content (AvgIpc) is 3.21. The Morgan fingerprint density at radius 3 is 2.58 bits per heavy atom. The third-order valence-electron chi connectivity index (χ3n) is 4.97. The smallest absolute Gasteiger partial charge is 0.435 e. The molecule has 11 nitrogen and oxygen atoms in total. The highest BCUT2D eigenvalue weighted by molar-refractivity contribution is 5.89. The third-order valence-corrected chi connectivity index (χ3v) is 4.97. The van der Waals surface area contributed by atoms with Crippen molar-refractivity contribution in [1.29, 1.82) is 0 Å². The molecule has 0 saturated heterocycles. The van der Waals surface area contributed by atoms with Crippen molar-refractivity contribution in [3.8, 4) is 23.4 Å². The van der Waals surface area contributed by atoms with Crippen LogP contribution < -0.4 is 5.32 Å². The molecule has 4 rings (SSSR count). The summed E-state index contributed by atoms with van der Waals surface area (Å²) in [5.74, 6) is 5.53. The van der Waals surface area contributed by atoms with E-state index in [1.54, 1.807) is 65.3 Å². The van der Waals surface area contributed by atoms with E-state index < -0.39 is 17.6 Å². The summed E-state index contributed by atoms with van der Waals surface area (Å²) in [5.41, 5.74) is 0.881. The van der Waals surface area contributed by atoms with Crippen molar-refractivity contribution in [1.82, 2.24) is 34.6 Å². The second kappa shape index (κ2) is 10.6. The number of hydrogen-bond donors (Lipinski definition) is 1. The van der Waals surface area contributed by atoms with Crippen molar-refractivity contribution >= 4 is 28.9 Å². The van der Waals surface area contributed by atoms with Crippen molar-refractivity contribution in [2.75, 3.05) is 26.0 Å². The third kappa shape index (κ3) is 6.25. The number of halogens is 1. The predicted molar refractivity (Wildman–Crippen MR) is 138 cm³/mol. The lowest BCUT2D eigenvalue weighted by molar-refractivity contribution is -0.126. The molecule has 1 amide bonds. The Bertz CT molecular complexity index is 1580. The number of carbonyl (C=O) groups excluding carboxylic acids is 2. The van der Waals surface area contributed by atoms with Gasteiger partial charge in [-0.2, -0.15) is 9.07 Å². The van der Waals surface area contributed by atoms with Crippen LogP contribution in [0.5, 0.6) is 0 Å². The molecular formula is C26H25FN8O3. The van der Waals surface area contributed by atoms with Gasteiger partial charge < -0.3 is 15.0 Å². The Balaban J connectivity index is 1.55. The SMILES string of the molecule is CN(C)C(=O)CNc1nccc(-c2nccc(C#Cc3ccc4c(c3)c(F)nn4C(=O)OC(C)(C)C)n2)n1. The van der Waals surface area contributed by atoms with Crippen molar-refractivity contribution in [3.05, 3.63) is 59.9 Å². The van der Waals surface area contributed by atoms with Gasteiger partial charge in [-0.25, -0.2) is 24.7 Å². The normalized spacial score (nSPS) is 11.0. The van der Waals surface area contributed by atoms with E-state index in [1.165, 1.54) is 17.2 Å². The Hall–Kier alpha value is -4.92. The van der Waals surface area contributed by atoms with Crippen LogP contribution in [0.3, 0.4) is 0 Å². The summed E-state index contributed by atoms with van der Waals surface area (Å²) in [7, 11) is 3.32. The van der Waals surface area contributed by atoms with Gasteiger partial charge in [0.2, 0.25) is 17.8 Å². The van der Waals surface area contributed by atoms with Gasteiger partial charge in [0.1, 0.15) is 17.0 Å². The highest BCUT2D eigenvalue weighted by atomic mass is 19.1. The molecule has 12 heteroatoms. The molecule has 3 aromatic heterocycles. The molecule has 194 valence electrons. The molecule has 0 bridgehead atoms. The summed E-state index contributed by atoms with van der Waals surface area (Å²) in [4.78, 5) is 42.8. The number of likely N-dealkylation sites (N-methyl/N-ethyl adjacent to an activating group) is 1. The van der Waals surface area contributed by atoms with Gasteiger partial charge in [0.15, 0.2) is 5.82 Å². The maximum absolute atomic E-state index is 14.5. The summed E-state index contributed by atoms with van der Waals surface area (Å²) in [6.45, 7) is 5.20. The largest absolute Gasteiger partial charge is 0.442 e. The van der Waals surface area contributed by atoms with Gasteiger partial charge in [-0.05, 0) is 57.0 Å². The second-order valence-electron chi connectivity index (χ2n) is 9.34. The van der Waals surface area contributed by atoms with E-state index in [9.17, 15) is 14.0 Å². The van der Waals surface area contributed by atoms with E-state index in [4.69, 9.17) is 4.74 Å². The molecule has 0 atom stereocenters. The quantitative estimate of drug-likeness (QED) is 0.407. The molecule has 0 aliphatic rings. The summed E-state index contributed by atoms with van der Waals surface area (Å²) < 4.78 is 20.7. The Morgan fingerprint density at radius 1 is 1.08 bits per heavy atom. The number of ether oxygens (including phenoxy) is 1. The lowest BCUT2D eigenvalue weighted by atomic mass is 10.1. The van der Waals surface area contributed by atoms with E-state index in [0.29, 0.717) is 22.8 Å². The first kappa shape index (κ1) is 26.2. The van der Waals surface area contributed by atoms with Crippen LogP contribution >= 0.6 is 0 Å². The first-order valence-electron chi connectivity index (χ1n) is 11.5. The molecule has 0 spiro atoms. The molecule has 4 aromatic rings. The molecule has 0 unspecified atom stereocenters. The van der Waals surface area contributed by atoms with Gasteiger partial charge in [-0.3, -0.25) is 4.79 Å². The number of amides is 1. The van der Waals surface area contributed by atoms with E-state index in [1.807, 2.05) is 0 Å². The van der Waals surface area contributed by atoms with Crippen LogP contribution in [0.15, 0.2) is 42.7 Å². The zero-order chi connectivity index (χ0) is 27.4. The fourth-order valence-electron chi connectivity index (χ4n) is 3.17. The molecule has 3 heterocycles. The highest BCUT2D eigenvalue weighted by Crippen LogP contribution is 2.21. The summed E-state index contributed by atoms with van der Waals surface area (Å²) in [5, 5.41) is 6.70. The number of aromatic nitrogens is 6. The molecule has 38 heavy (non-hydrogen) atoms. The Kier molecular flexibility index (Phi) is 7.29.